The molecule has 3 heteroatoms. The summed E-state index contributed by atoms with van der Waals surface area (Å²) < 4.78 is 11.8. The molecule has 0 atom stereocenters. The Balaban J connectivity index is 1.88. The van der Waals surface area contributed by atoms with Gasteiger partial charge in [-0.15, -0.1) is 0 Å². The Morgan fingerprint density at radius 1 is 0.708 bits per heavy atom. The number of methoxy groups -OCH3 is 1. The summed E-state index contributed by atoms with van der Waals surface area (Å²) in [6.07, 6.45) is 0. The maximum Gasteiger partial charge on any atom is 0.253 e. The average molecular weight is 334 g/mol. The summed E-state index contributed by atoms with van der Waals surface area (Å²) in [5.41, 5.74) is 1.15. The van der Waals surface area contributed by atoms with Crippen molar-refractivity contribution in [1.82, 2.24) is 0 Å². The molecule has 0 fully saturated rings. The highest BCUT2D eigenvalue weighted by molar-refractivity contribution is 6.96. The van der Waals surface area contributed by atoms with Crippen molar-refractivity contribution in [2.45, 2.75) is 13.2 Å². The number of ether oxygens (including phenoxy) is 1. The van der Waals surface area contributed by atoms with Crippen LogP contribution in [0.15, 0.2) is 84.9 Å². The van der Waals surface area contributed by atoms with E-state index in [1.165, 1.54) is 10.4 Å². The van der Waals surface area contributed by atoms with Gasteiger partial charge in [0, 0.05) is 0 Å². The predicted octanol–water partition coefficient (Wildman–Crippen LogP) is 3.60. The van der Waals surface area contributed by atoms with Gasteiger partial charge in [0.1, 0.15) is 5.75 Å². The molecule has 0 unspecified atom stereocenters. The third-order valence-electron chi connectivity index (χ3n) is 4.34. The zero-order valence-electron chi connectivity index (χ0n) is 14.1. The number of rotatable bonds is 6. The third kappa shape index (κ3) is 3.58. The average Bonchev–Trinajstić information content (AvgIpc) is 2.68. The first-order chi connectivity index (χ1) is 11.7. The van der Waals surface area contributed by atoms with Gasteiger partial charge in [-0.2, -0.15) is 0 Å². The molecule has 3 aromatic rings. The molecule has 0 amide bonds. The molecule has 122 valence electrons. The van der Waals surface area contributed by atoms with E-state index in [2.05, 4.69) is 67.2 Å². The van der Waals surface area contributed by atoms with Gasteiger partial charge >= 0.3 is 0 Å². The van der Waals surface area contributed by atoms with Crippen molar-refractivity contribution in [2.24, 2.45) is 0 Å². The van der Waals surface area contributed by atoms with Crippen LogP contribution in [0.3, 0.4) is 0 Å². The van der Waals surface area contributed by atoms with Crippen molar-refractivity contribution in [3.8, 4) is 5.75 Å². The maximum atomic E-state index is 6.56. The predicted molar refractivity (Wildman–Crippen MR) is 102 cm³/mol. The highest BCUT2D eigenvalue weighted by atomic mass is 28.4. The number of benzene rings is 3. The molecule has 0 N–H and O–H groups in total. The second kappa shape index (κ2) is 7.47. The molecule has 0 aliphatic rings. The molecule has 0 bridgehead atoms. The normalized spacial score (nSPS) is 11.2. The summed E-state index contributed by atoms with van der Waals surface area (Å²) in [5.74, 6) is 0.866. The van der Waals surface area contributed by atoms with E-state index in [-0.39, 0.29) is 0 Å². The molecule has 0 saturated carbocycles. The van der Waals surface area contributed by atoms with Crippen LogP contribution in [0.1, 0.15) is 5.56 Å². The van der Waals surface area contributed by atoms with E-state index in [4.69, 9.17) is 9.16 Å². The first-order valence-electron chi connectivity index (χ1n) is 8.10. The van der Waals surface area contributed by atoms with Crippen LogP contribution in [0, 0.1) is 0 Å². The van der Waals surface area contributed by atoms with Crippen LogP contribution < -0.4 is 15.1 Å². The van der Waals surface area contributed by atoms with Gasteiger partial charge in [-0.25, -0.2) is 0 Å². The fourth-order valence-electron chi connectivity index (χ4n) is 2.80. The van der Waals surface area contributed by atoms with E-state index in [1.807, 2.05) is 24.3 Å². The van der Waals surface area contributed by atoms with Gasteiger partial charge in [0.2, 0.25) is 0 Å². The summed E-state index contributed by atoms with van der Waals surface area (Å²) in [7, 11) is -0.557. The molecular formula is C21H22O2Si. The lowest BCUT2D eigenvalue weighted by atomic mass is 10.2. The van der Waals surface area contributed by atoms with E-state index in [1.54, 1.807) is 7.11 Å². The zero-order chi connectivity index (χ0) is 16.8. The third-order valence-corrected chi connectivity index (χ3v) is 7.93. The SMILES string of the molecule is COc1ccc(CO[Si](C)(c2ccccc2)c2ccccc2)cc1. The van der Waals surface area contributed by atoms with Crippen LogP contribution in [-0.2, 0) is 11.0 Å². The van der Waals surface area contributed by atoms with Crippen LogP contribution in [0.4, 0.5) is 0 Å². The molecule has 2 nitrogen and oxygen atoms in total. The van der Waals surface area contributed by atoms with Gasteiger partial charge in [-0.1, -0.05) is 72.8 Å². The van der Waals surface area contributed by atoms with E-state index in [0.29, 0.717) is 6.61 Å². The molecule has 0 aliphatic heterocycles. The quantitative estimate of drug-likeness (QED) is 0.641. The molecule has 0 spiro atoms. The minimum atomic E-state index is -2.24. The smallest absolute Gasteiger partial charge is 0.253 e. The first kappa shape index (κ1) is 16.5. The Morgan fingerprint density at radius 3 is 1.67 bits per heavy atom. The van der Waals surface area contributed by atoms with Crippen molar-refractivity contribution in [2.75, 3.05) is 7.11 Å². The Hall–Kier alpha value is -2.36. The standard InChI is InChI=1S/C21H22O2Si/c1-22-19-15-13-18(14-16-19)17-23-24(2,20-9-5-3-6-10-20)21-11-7-4-8-12-21/h3-16H,17H2,1-2H3. The van der Waals surface area contributed by atoms with Gasteiger partial charge in [-0.05, 0) is 34.6 Å². The fraction of sp³-hybridized carbons (Fsp3) is 0.143. The monoisotopic (exact) mass is 334 g/mol. The van der Waals surface area contributed by atoms with E-state index >= 15 is 0 Å². The lowest BCUT2D eigenvalue weighted by Crippen LogP contribution is -2.58. The van der Waals surface area contributed by atoms with Crippen LogP contribution in [0.25, 0.3) is 0 Å². The summed E-state index contributed by atoms with van der Waals surface area (Å²) in [5, 5.41) is 2.56. The number of hydrogen-bond donors (Lipinski definition) is 0. The summed E-state index contributed by atoms with van der Waals surface area (Å²) in [6.45, 7) is 2.86. The fourth-order valence-corrected chi connectivity index (χ4v) is 5.57. The second-order valence-corrected chi connectivity index (χ2v) is 9.41. The second-order valence-electron chi connectivity index (χ2n) is 5.90. The lowest BCUT2D eigenvalue weighted by molar-refractivity contribution is 0.307. The van der Waals surface area contributed by atoms with Gasteiger partial charge in [0.15, 0.2) is 0 Å². The Bertz CT molecular complexity index is 715. The van der Waals surface area contributed by atoms with Crippen molar-refractivity contribution < 1.29 is 9.16 Å². The van der Waals surface area contributed by atoms with Crippen molar-refractivity contribution in [3.05, 3.63) is 90.5 Å². The zero-order valence-corrected chi connectivity index (χ0v) is 15.1. The van der Waals surface area contributed by atoms with Crippen LogP contribution >= 0.6 is 0 Å². The summed E-state index contributed by atoms with van der Waals surface area (Å²) >= 11 is 0. The van der Waals surface area contributed by atoms with Crippen molar-refractivity contribution in [3.63, 3.8) is 0 Å². The Morgan fingerprint density at radius 2 is 1.21 bits per heavy atom. The van der Waals surface area contributed by atoms with E-state index < -0.39 is 8.32 Å². The highest BCUT2D eigenvalue weighted by Crippen LogP contribution is 2.15. The van der Waals surface area contributed by atoms with E-state index in [9.17, 15) is 0 Å². The largest absolute Gasteiger partial charge is 0.497 e. The summed E-state index contributed by atoms with van der Waals surface area (Å²) in [6, 6.07) is 29.2. The van der Waals surface area contributed by atoms with Crippen LogP contribution in [0.5, 0.6) is 5.75 Å². The van der Waals surface area contributed by atoms with E-state index in [0.717, 1.165) is 11.3 Å². The van der Waals surface area contributed by atoms with Gasteiger partial charge < -0.3 is 9.16 Å². The minimum absolute atomic E-state index is 0.594. The molecule has 0 saturated heterocycles. The van der Waals surface area contributed by atoms with Gasteiger partial charge in [-0.3, -0.25) is 0 Å². The highest BCUT2D eigenvalue weighted by Gasteiger charge is 2.33. The first-order valence-corrected chi connectivity index (χ1v) is 10.5. The van der Waals surface area contributed by atoms with Crippen molar-refractivity contribution >= 4 is 18.7 Å². The van der Waals surface area contributed by atoms with Gasteiger partial charge in [0.05, 0.1) is 13.7 Å². The summed E-state index contributed by atoms with van der Waals surface area (Å²) in [4.78, 5) is 0. The van der Waals surface area contributed by atoms with Crippen LogP contribution in [0.2, 0.25) is 6.55 Å². The topological polar surface area (TPSA) is 18.5 Å². The Kier molecular flexibility index (Phi) is 5.13. The minimum Gasteiger partial charge on any atom is -0.497 e. The lowest BCUT2D eigenvalue weighted by Gasteiger charge is -2.28. The molecular weight excluding hydrogens is 312 g/mol. The molecule has 0 radical (unpaired) electrons. The maximum absolute atomic E-state index is 6.56. The molecule has 0 aromatic heterocycles. The molecule has 3 aromatic carbocycles. The van der Waals surface area contributed by atoms with Gasteiger partial charge in [0.25, 0.3) is 8.32 Å². The molecule has 24 heavy (non-hydrogen) atoms. The molecule has 3 rings (SSSR count). The molecule has 0 aliphatic carbocycles. The Labute approximate surface area is 144 Å². The molecule has 0 heterocycles. The number of hydrogen-bond acceptors (Lipinski definition) is 2. The van der Waals surface area contributed by atoms with Crippen LogP contribution in [-0.4, -0.2) is 15.4 Å². The van der Waals surface area contributed by atoms with Crippen molar-refractivity contribution in [1.29, 1.82) is 0 Å².